The summed E-state index contributed by atoms with van der Waals surface area (Å²) in [7, 11) is -3.40. The van der Waals surface area contributed by atoms with Crippen molar-refractivity contribution < 1.29 is 13.2 Å². The first-order valence-corrected chi connectivity index (χ1v) is 10.7. The average molecular weight is 382 g/mol. The summed E-state index contributed by atoms with van der Waals surface area (Å²) in [5.41, 5.74) is 2.18. The second-order valence-corrected chi connectivity index (χ2v) is 9.09. The van der Waals surface area contributed by atoms with Crippen LogP contribution >= 0.6 is 0 Å². The summed E-state index contributed by atoms with van der Waals surface area (Å²) < 4.78 is 25.3. The highest BCUT2D eigenvalue weighted by Gasteiger charge is 2.24. The number of carbonyl (C=O) groups is 1. The molecule has 2 aromatic rings. The monoisotopic (exact) mass is 382 g/mol. The predicted molar refractivity (Wildman–Crippen MR) is 104 cm³/mol. The quantitative estimate of drug-likeness (QED) is 0.844. The molecule has 2 aromatic carbocycles. The third-order valence-corrected chi connectivity index (χ3v) is 6.87. The lowest BCUT2D eigenvalue weighted by atomic mass is 10.1. The molecule has 0 radical (unpaired) electrons. The number of rotatable bonds is 5. The lowest BCUT2D eigenvalue weighted by Crippen LogP contribution is -2.16. The van der Waals surface area contributed by atoms with Gasteiger partial charge in [-0.25, -0.2) is 8.42 Å². The molecule has 1 amide bonds. The van der Waals surface area contributed by atoms with E-state index >= 15 is 0 Å². The minimum Gasteiger partial charge on any atom is -0.322 e. The standard InChI is InChI=1S/C21H22N2O3S/c1-15-11-19(10-9-18(15)13-22)23-21(24)17-7-4-8-20(12-17)27(25,26)14-16-5-2-3-6-16/h4,7-12,16H,2-3,5-6,14H2,1H3,(H,23,24). The Labute approximate surface area is 159 Å². The van der Waals surface area contributed by atoms with Gasteiger partial charge in [0.25, 0.3) is 5.91 Å². The van der Waals surface area contributed by atoms with E-state index in [1.54, 1.807) is 43.3 Å². The number of nitriles is 1. The van der Waals surface area contributed by atoms with E-state index in [1.807, 2.05) is 0 Å². The molecule has 1 N–H and O–H groups in total. The fourth-order valence-electron chi connectivity index (χ4n) is 3.48. The van der Waals surface area contributed by atoms with E-state index in [1.165, 1.54) is 6.07 Å². The summed E-state index contributed by atoms with van der Waals surface area (Å²) in [4.78, 5) is 12.7. The molecule has 0 heterocycles. The Hall–Kier alpha value is -2.65. The lowest BCUT2D eigenvalue weighted by molar-refractivity contribution is 0.102. The van der Waals surface area contributed by atoms with Gasteiger partial charge in [-0.2, -0.15) is 5.26 Å². The van der Waals surface area contributed by atoms with Crippen molar-refractivity contribution in [3.05, 3.63) is 59.2 Å². The van der Waals surface area contributed by atoms with Crippen LogP contribution in [0, 0.1) is 24.2 Å². The summed E-state index contributed by atoms with van der Waals surface area (Å²) in [5, 5.41) is 11.7. The molecule has 0 bridgehead atoms. The summed E-state index contributed by atoms with van der Waals surface area (Å²) in [5.74, 6) is -0.0153. The molecule has 1 fully saturated rings. The van der Waals surface area contributed by atoms with Crippen molar-refractivity contribution in [2.75, 3.05) is 11.1 Å². The SMILES string of the molecule is Cc1cc(NC(=O)c2cccc(S(=O)(=O)CC3CCCC3)c2)ccc1C#N. The molecular formula is C21H22N2O3S. The van der Waals surface area contributed by atoms with Gasteiger partial charge >= 0.3 is 0 Å². The molecule has 0 atom stereocenters. The first-order chi connectivity index (χ1) is 12.9. The minimum atomic E-state index is -3.40. The van der Waals surface area contributed by atoms with E-state index in [4.69, 9.17) is 5.26 Å². The number of aryl methyl sites for hydroxylation is 1. The Morgan fingerprint density at radius 3 is 2.59 bits per heavy atom. The second-order valence-electron chi connectivity index (χ2n) is 7.06. The van der Waals surface area contributed by atoms with Gasteiger partial charge in [0.2, 0.25) is 0 Å². The van der Waals surface area contributed by atoms with E-state index in [2.05, 4.69) is 11.4 Å². The highest BCUT2D eigenvalue weighted by atomic mass is 32.2. The van der Waals surface area contributed by atoms with E-state index in [0.29, 0.717) is 16.8 Å². The van der Waals surface area contributed by atoms with Crippen LogP contribution in [-0.2, 0) is 9.84 Å². The van der Waals surface area contributed by atoms with Gasteiger partial charge in [0.1, 0.15) is 0 Å². The van der Waals surface area contributed by atoms with Gasteiger partial charge in [-0.05, 0) is 67.6 Å². The van der Waals surface area contributed by atoms with Crippen molar-refractivity contribution in [1.29, 1.82) is 5.26 Å². The van der Waals surface area contributed by atoms with Crippen molar-refractivity contribution in [1.82, 2.24) is 0 Å². The summed E-state index contributed by atoms with van der Waals surface area (Å²) >= 11 is 0. The summed E-state index contributed by atoms with van der Waals surface area (Å²) in [6.07, 6.45) is 4.09. The number of benzene rings is 2. The zero-order valence-corrected chi connectivity index (χ0v) is 16.1. The van der Waals surface area contributed by atoms with Crippen LogP contribution in [0.15, 0.2) is 47.4 Å². The number of nitrogens with one attached hydrogen (secondary N) is 1. The maximum Gasteiger partial charge on any atom is 0.255 e. The van der Waals surface area contributed by atoms with Crippen LogP contribution < -0.4 is 5.32 Å². The molecule has 0 aromatic heterocycles. The number of hydrogen-bond acceptors (Lipinski definition) is 4. The van der Waals surface area contributed by atoms with Crippen LogP contribution in [0.25, 0.3) is 0 Å². The maximum absolute atomic E-state index is 12.7. The Kier molecular flexibility index (Phi) is 5.62. The highest BCUT2D eigenvalue weighted by molar-refractivity contribution is 7.91. The van der Waals surface area contributed by atoms with Gasteiger partial charge in [-0.3, -0.25) is 4.79 Å². The van der Waals surface area contributed by atoms with E-state index in [9.17, 15) is 13.2 Å². The van der Waals surface area contributed by atoms with Crippen LogP contribution in [0.5, 0.6) is 0 Å². The van der Waals surface area contributed by atoms with Crippen LogP contribution in [0.2, 0.25) is 0 Å². The molecule has 6 heteroatoms. The molecule has 1 saturated carbocycles. The predicted octanol–water partition coefficient (Wildman–Crippen LogP) is 4.08. The number of amides is 1. The van der Waals surface area contributed by atoms with Crippen molar-refractivity contribution >= 4 is 21.4 Å². The second kappa shape index (κ2) is 7.93. The maximum atomic E-state index is 12.7. The Morgan fingerprint density at radius 1 is 1.19 bits per heavy atom. The van der Waals surface area contributed by atoms with E-state index < -0.39 is 9.84 Å². The Bertz CT molecular complexity index is 1000. The van der Waals surface area contributed by atoms with Gasteiger partial charge in [-0.1, -0.05) is 18.9 Å². The normalized spacial score (nSPS) is 14.7. The fraction of sp³-hybridized carbons (Fsp3) is 0.333. The van der Waals surface area contributed by atoms with Gasteiger partial charge in [-0.15, -0.1) is 0 Å². The van der Waals surface area contributed by atoms with E-state index in [-0.39, 0.29) is 22.5 Å². The number of hydrogen-bond donors (Lipinski definition) is 1. The van der Waals surface area contributed by atoms with Crippen LogP contribution in [-0.4, -0.2) is 20.1 Å². The third kappa shape index (κ3) is 4.55. The molecule has 0 aliphatic heterocycles. The molecule has 0 saturated heterocycles. The first kappa shape index (κ1) is 19.1. The van der Waals surface area contributed by atoms with Crippen molar-refractivity contribution in [3.63, 3.8) is 0 Å². The first-order valence-electron chi connectivity index (χ1n) is 9.04. The third-order valence-electron chi connectivity index (χ3n) is 4.99. The van der Waals surface area contributed by atoms with Crippen LogP contribution in [0.4, 0.5) is 5.69 Å². The van der Waals surface area contributed by atoms with Crippen LogP contribution in [0.1, 0.15) is 47.2 Å². The molecule has 140 valence electrons. The molecule has 27 heavy (non-hydrogen) atoms. The zero-order valence-electron chi connectivity index (χ0n) is 15.2. The lowest BCUT2D eigenvalue weighted by Gasteiger charge is -2.11. The molecule has 0 spiro atoms. The van der Waals surface area contributed by atoms with Crippen molar-refractivity contribution in [3.8, 4) is 6.07 Å². The van der Waals surface area contributed by atoms with Crippen molar-refractivity contribution in [2.24, 2.45) is 5.92 Å². The summed E-state index contributed by atoms with van der Waals surface area (Å²) in [6, 6.07) is 13.3. The number of anilines is 1. The smallest absolute Gasteiger partial charge is 0.255 e. The largest absolute Gasteiger partial charge is 0.322 e. The minimum absolute atomic E-state index is 0.146. The molecule has 1 aliphatic rings. The van der Waals surface area contributed by atoms with Gasteiger partial charge in [0.05, 0.1) is 22.3 Å². The zero-order chi connectivity index (χ0) is 19.4. The van der Waals surface area contributed by atoms with Crippen LogP contribution in [0.3, 0.4) is 0 Å². The molecule has 0 unspecified atom stereocenters. The topological polar surface area (TPSA) is 87.0 Å². The number of sulfone groups is 1. The molecule has 1 aliphatic carbocycles. The van der Waals surface area contributed by atoms with Gasteiger partial charge < -0.3 is 5.32 Å². The van der Waals surface area contributed by atoms with Gasteiger partial charge in [0, 0.05) is 11.3 Å². The number of carbonyl (C=O) groups excluding carboxylic acids is 1. The van der Waals surface area contributed by atoms with E-state index in [0.717, 1.165) is 31.2 Å². The fourth-order valence-corrected chi connectivity index (χ4v) is 5.22. The summed E-state index contributed by atoms with van der Waals surface area (Å²) in [6.45, 7) is 1.80. The Morgan fingerprint density at radius 2 is 1.93 bits per heavy atom. The Balaban J connectivity index is 1.77. The molecular weight excluding hydrogens is 360 g/mol. The molecule has 5 nitrogen and oxygen atoms in total. The molecule has 3 rings (SSSR count). The van der Waals surface area contributed by atoms with Gasteiger partial charge in [0.15, 0.2) is 9.84 Å². The number of nitrogens with zero attached hydrogens (tertiary/aromatic N) is 1. The average Bonchev–Trinajstić information content (AvgIpc) is 3.14. The highest BCUT2D eigenvalue weighted by Crippen LogP contribution is 2.28. The van der Waals surface area contributed by atoms with Crippen molar-refractivity contribution in [2.45, 2.75) is 37.5 Å².